The Bertz CT molecular complexity index is 1950. The molecule has 0 fully saturated rings. The van der Waals surface area contributed by atoms with E-state index in [1.807, 2.05) is 22.6 Å². The maximum Gasteiger partial charge on any atom is 0.354 e. The van der Waals surface area contributed by atoms with Crippen molar-refractivity contribution in [1.82, 2.24) is 19.7 Å². The summed E-state index contributed by atoms with van der Waals surface area (Å²) in [5, 5.41) is 17.7. The van der Waals surface area contributed by atoms with Gasteiger partial charge in [-0.3, -0.25) is 5.32 Å². The number of sulfonamides is 1. The van der Waals surface area contributed by atoms with Gasteiger partial charge in [-0.15, -0.1) is 0 Å². The summed E-state index contributed by atoms with van der Waals surface area (Å²) < 4.78 is 41.9. The average molecular weight is 866 g/mol. The molecular formula is C29H30Cl2IN7O10S. The summed E-state index contributed by atoms with van der Waals surface area (Å²) in [5.41, 5.74) is -1.08. The Hall–Kier alpha value is -4.34. The summed E-state index contributed by atoms with van der Waals surface area (Å²) in [6.07, 6.45) is 0.0591. The van der Waals surface area contributed by atoms with Crippen molar-refractivity contribution in [3.05, 3.63) is 61.4 Å². The van der Waals surface area contributed by atoms with Crippen LogP contribution in [-0.4, -0.2) is 84.0 Å². The number of urea groups is 1. The van der Waals surface area contributed by atoms with Crippen LogP contribution < -0.4 is 19.8 Å². The number of ether oxygens (including phenoxy) is 3. The Labute approximate surface area is 309 Å². The molecule has 3 N–H and O–H groups in total. The van der Waals surface area contributed by atoms with E-state index in [0.29, 0.717) is 19.3 Å². The molecule has 1 unspecified atom stereocenters. The smallest absolute Gasteiger partial charge is 0.354 e. The van der Waals surface area contributed by atoms with Crippen LogP contribution in [0.15, 0.2) is 46.4 Å². The first-order valence-electron chi connectivity index (χ1n) is 14.3. The number of carboxylic acids is 1. The van der Waals surface area contributed by atoms with Crippen LogP contribution in [0.3, 0.4) is 0 Å². The number of carbonyl (C=O) groups excluding carboxylic acids is 3. The van der Waals surface area contributed by atoms with E-state index in [0.717, 1.165) is 12.1 Å². The topological polar surface area (TPSA) is 229 Å². The van der Waals surface area contributed by atoms with Gasteiger partial charge in [-0.1, -0.05) is 23.2 Å². The zero-order chi connectivity index (χ0) is 37.4. The summed E-state index contributed by atoms with van der Waals surface area (Å²) in [5.74, 6) is -2.51. The molecule has 17 nitrogen and oxygen atoms in total. The van der Waals surface area contributed by atoms with Gasteiger partial charge in [0.15, 0.2) is 5.54 Å². The van der Waals surface area contributed by atoms with E-state index in [1.54, 1.807) is 43.7 Å². The summed E-state index contributed by atoms with van der Waals surface area (Å²) in [4.78, 5) is 58.6. The molecule has 21 heteroatoms. The number of anilines is 2. The van der Waals surface area contributed by atoms with Gasteiger partial charge in [0.2, 0.25) is 5.95 Å². The lowest BCUT2D eigenvalue weighted by Gasteiger charge is -2.32. The van der Waals surface area contributed by atoms with Crippen molar-refractivity contribution in [3.63, 3.8) is 0 Å². The van der Waals surface area contributed by atoms with Crippen molar-refractivity contribution in [2.75, 3.05) is 30.6 Å². The number of hydrazone groups is 1. The number of carbonyl (C=O) groups is 4. The minimum absolute atomic E-state index is 0.0591. The molecule has 1 aliphatic heterocycles. The van der Waals surface area contributed by atoms with Crippen molar-refractivity contribution in [3.8, 4) is 6.01 Å². The number of aromatic nitrogens is 3. The van der Waals surface area contributed by atoms with Crippen LogP contribution in [-0.2, 0) is 29.1 Å². The van der Waals surface area contributed by atoms with Crippen LogP contribution in [0.2, 0.25) is 10.0 Å². The number of methoxy groups -OCH3 is 1. The molecule has 0 saturated carbocycles. The molecule has 268 valence electrons. The number of hydrogen-bond donors (Lipinski definition) is 3. The van der Waals surface area contributed by atoms with E-state index in [-0.39, 0.29) is 43.1 Å². The fourth-order valence-electron chi connectivity index (χ4n) is 4.22. The molecule has 0 aliphatic carbocycles. The first kappa shape index (κ1) is 40.1. The van der Waals surface area contributed by atoms with Crippen molar-refractivity contribution < 1.29 is 46.9 Å². The molecule has 3 aromatic rings. The third-order valence-corrected chi connectivity index (χ3v) is 8.97. The molecule has 2 aromatic carbocycles. The molecule has 4 rings (SSSR count). The van der Waals surface area contributed by atoms with Crippen LogP contribution >= 0.6 is 45.8 Å². The fourth-order valence-corrected chi connectivity index (χ4v) is 6.54. The number of nitrogens with zero attached hydrogens (tertiary/aromatic N) is 5. The highest BCUT2D eigenvalue weighted by atomic mass is 127. The Morgan fingerprint density at radius 2 is 1.72 bits per heavy atom. The summed E-state index contributed by atoms with van der Waals surface area (Å²) in [6, 6.07) is 7.28. The summed E-state index contributed by atoms with van der Waals surface area (Å²) in [7, 11) is -3.14. The SMILES string of the molecule is CCOC(=O)C1=NN(c2ccc(Cl)cc2Cl)C(C)(C(=O)OCC)C1.COc1nc(C)nc(NC(=O)NS(=O)(=O)c2cc(I)ccc2C(=O)O)n1. The number of hydrogen-bond acceptors (Lipinski definition) is 14. The van der Waals surface area contributed by atoms with Crippen LogP contribution in [0.5, 0.6) is 6.01 Å². The second kappa shape index (κ2) is 17.1. The van der Waals surface area contributed by atoms with Crippen LogP contribution in [0, 0.1) is 10.5 Å². The number of nitrogens with one attached hydrogen (secondary N) is 2. The molecule has 0 bridgehead atoms. The predicted molar refractivity (Wildman–Crippen MR) is 189 cm³/mol. The zero-order valence-corrected chi connectivity index (χ0v) is 31.5. The average Bonchev–Trinajstić information content (AvgIpc) is 3.39. The van der Waals surface area contributed by atoms with E-state index in [2.05, 4.69) is 25.4 Å². The van der Waals surface area contributed by atoms with Crippen molar-refractivity contribution in [1.29, 1.82) is 0 Å². The van der Waals surface area contributed by atoms with Crippen molar-refractivity contribution in [2.45, 2.75) is 44.6 Å². The normalized spacial score (nSPS) is 15.2. The lowest BCUT2D eigenvalue weighted by Crippen LogP contribution is -2.48. The van der Waals surface area contributed by atoms with E-state index >= 15 is 0 Å². The van der Waals surface area contributed by atoms with Gasteiger partial charge < -0.3 is 19.3 Å². The molecule has 1 atom stereocenters. The number of esters is 2. The van der Waals surface area contributed by atoms with E-state index < -0.39 is 50.0 Å². The Kier molecular flexibility index (Phi) is 13.7. The van der Waals surface area contributed by atoms with Gasteiger partial charge in [0.05, 0.1) is 36.6 Å². The van der Waals surface area contributed by atoms with Gasteiger partial charge in [0.1, 0.15) is 16.4 Å². The Morgan fingerprint density at radius 3 is 2.32 bits per heavy atom. The van der Waals surface area contributed by atoms with Crippen LogP contribution in [0.25, 0.3) is 0 Å². The van der Waals surface area contributed by atoms with E-state index in [4.69, 9.17) is 42.5 Å². The third kappa shape index (κ3) is 9.88. The monoisotopic (exact) mass is 865 g/mol. The third-order valence-electron chi connectivity index (χ3n) is 6.39. The first-order chi connectivity index (χ1) is 23.4. The summed E-state index contributed by atoms with van der Waals surface area (Å²) >= 11 is 14.0. The number of amides is 2. The highest BCUT2D eigenvalue weighted by Crippen LogP contribution is 2.39. The second-order valence-corrected chi connectivity index (χ2v) is 13.8. The van der Waals surface area contributed by atoms with E-state index in [9.17, 15) is 27.6 Å². The largest absolute Gasteiger partial charge is 0.478 e. The van der Waals surface area contributed by atoms with Gasteiger partial charge in [0.25, 0.3) is 10.0 Å². The molecule has 2 heterocycles. The standard InChI is InChI=1S/C16H18Cl2N2O4.C13H12IN5O6S/c1-4-23-14(21)12-9-16(3,15(22)24-5-2)20(19-12)13-7-6-10(17)8-11(13)18;1-6-15-11(18-13(16-6)25-2)17-12(22)19-26(23,24)9-5-7(14)3-4-8(9)10(20)21/h6-8H,4-5,9H2,1-3H3;3-5H,1-2H3,(H,20,21)(H2,15,16,17,18,19,22). The molecule has 2 amide bonds. The predicted octanol–water partition coefficient (Wildman–Crippen LogP) is 4.45. The van der Waals surface area contributed by atoms with Gasteiger partial charge in [-0.2, -0.15) is 20.1 Å². The Balaban J connectivity index is 0.000000271. The van der Waals surface area contributed by atoms with E-state index in [1.165, 1.54) is 25.1 Å². The lowest BCUT2D eigenvalue weighted by atomic mass is 9.95. The van der Waals surface area contributed by atoms with Gasteiger partial charge in [-0.05, 0) is 86.7 Å². The van der Waals surface area contributed by atoms with Crippen LogP contribution in [0.1, 0.15) is 43.4 Å². The molecule has 0 radical (unpaired) electrons. The maximum atomic E-state index is 12.5. The fraction of sp³-hybridized carbons (Fsp3) is 0.310. The molecule has 0 spiro atoms. The highest BCUT2D eigenvalue weighted by Gasteiger charge is 2.49. The number of rotatable bonds is 10. The molecule has 1 aliphatic rings. The molecule has 1 aromatic heterocycles. The number of benzene rings is 2. The molecule has 0 saturated heterocycles. The molecule has 50 heavy (non-hydrogen) atoms. The lowest BCUT2D eigenvalue weighted by molar-refractivity contribution is -0.148. The zero-order valence-electron chi connectivity index (χ0n) is 27.0. The van der Waals surface area contributed by atoms with Crippen molar-refractivity contribution in [2.24, 2.45) is 5.10 Å². The number of aromatic carboxylic acids is 1. The number of aryl methyl sites for hydroxylation is 1. The quantitative estimate of drug-likeness (QED) is 0.189. The van der Waals surface area contributed by atoms with Gasteiger partial charge in [0, 0.05) is 15.0 Å². The second-order valence-electron chi connectivity index (χ2n) is 10.0. The van der Waals surface area contributed by atoms with Crippen molar-refractivity contribution >= 4 is 97.1 Å². The van der Waals surface area contributed by atoms with Crippen LogP contribution in [0.4, 0.5) is 16.4 Å². The number of halogens is 3. The molecular weight excluding hydrogens is 836 g/mol. The summed E-state index contributed by atoms with van der Waals surface area (Å²) in [6.45, 7) is 7.01. The highest BCUT2D eigenvalue weighted by molar-refractivity contribution is 14.1. The maximum absolute atomic E-state index is 12.5. The van der Waals surface area contributed by atoms with Gasteiger partial charge in [-0.25, -0.2) is 37.3 Å². The number of carboxylic acid groups (broad SMARTS) is 1. The first-order valence-corrected chi connectivity index (χ1v) is 17.6. The minimum atomic E-state index is -4.45. The van der Waals surface area contributed by atoms with Gasteiger partial charge >= 0.3 is 29.9 Å². The Morgan fingerprint density at radius 1 is 1.04 bits per heavy atom. The minimum Gasteiger partial charge on any atom is -0.478 e.